The molecule has 0 atom stereocenters. The van der Waals surface area contributed by atoms with Gasteiger partial charge in [-0.3, -0.25) is 14.5 Å². The molecule has 0 bridgehead atoms. The Labute approximate surface area is 238 Å². The summed E-state index contributed by atoms with van der Waals surface area (Å²) in [6.07, 6.45) is 1.60. The minimum absolute atomic E-state index is 0.00272. The molecular weight excluding hydrogens is 573 g/mol. The molecule has 0 aliphatic carbocycles. The van der Waals surface area contributed by atoms with E-state index in [9.17, 15) is 9.59 Å². The monoisotopic (exact) mass is 591 g/mol. The molecule has 5 rings (SSSR count). The Morgan fingerprint density at radius 2 is 1.71 bits per heavy atom. The third kappa shape index (κ3) is 5.54. The fraction of sp³-hybridized carbons (Fsp3) is 0.185. The van der Waals surface area contributed by atoms with Gasteiger partial charge in [0.2, 0.25) is 6.79 Å². The van der Waals surface area contributed by atoms with Crippen molar-refractivity contribution in [2.45, 2.75) is 20.1 Å². The van der Waals surface area contributed by atoms with Gasteiger partial charge in [-0.25, -0.2) is 0 Å². The fourth-order valence-electron chi connectivity index (χ4n) is 3.88. The van der Waals surface area contributed by atoms with Gasteiger partial charge < -0.3 is 18.9 Å². The molecule has 0 saturated carbocycles. The average molecular weight is 593 g/mol. The first kappa shape index (κ1) is 26.6. The average Bonchev–Trinajstić information content (AvgIpc) is 3.44. The second-order valence-electron chi connectivity index (χ2n) is 8.21. The second kappa shape index (κ2) is 11.4. The second-order valence-corrected chi connectivity index (χ2v) is 10.4. The summed E-state index contributed by atoms with van der Waals surface area (Å²) in [4.78, 5) is 27.2. The van der Waals surface area contributed by atoms with Crippen molar-refractivity contribution in [3.8, 4) is 23.0 Å². The lowest BCUT2D eigenvalue weighted by Crippen LogP contribution is -2.27. The van der Waals surface area contributed by atoms with E-state index in [1.54, 1.807) is 36.4 Å². The molecule has 11 heteroatoms. The van der Waals surface area contributed by atoms with Crippen LogP contribution in [0.3, 0.4) is 0 Å². The highest BCUT2D eigenvalue weighted by molar-refractivity contribution is 8.18. The zero-order valence-corrected chi connectivity index (χ0v) is 23.0. The van der Waals surface area contributed by atoms with Crippen LogP contribution in [0.4, 0.5) is 4.79 Å². The Bertz CT molecular complexity index is 1460. The number of carbonyl (C=O) groups is 2. The van der Waals surface area contributed by atoms with E-state index in [0.717, 1.165) is 22.2 Å². The fourth-order valence-corrected chi connectivity index (χ4v) is 5.39. The molecule has 2 amide bonds. The van der Waals surface area contributed by atoms with Crippen molar-refractivity contribution in [1.82, 2.24) is 4.90 Å². The molecule has 3 aromatic carbocycles. The summed E-state index contributed by atoms with van der Waals surface area (Å²) >= 11 is 20.0. The smallest absolute Gasteiger partial charge is 0.293 e. The quantitative estimate of drug-likeness (QED) is 0.250. The van der Waals surface area contributed by atoms with E-state index in [0.29, 0.717) is 55.8 Å². The van der Waals surface area contributed by atoms with Crippen LogP contribution >= 0.6 is 46.6 Å². The van der Waals surface area contributed by atoms with Crippen molar-refractivity contribution >= 4 is 63.8 Å². The Morgan fingerprint density at radius 3 is 2.47 bits per heavy atom. The number of ether oxygens (including phenoxy) is 4. The number of nitrogens with zero attached hydrogens (tertiary/aromatic N) is 1. The van der Waals surface area contributed by atoms with Gasteiger partial charge in [0.05, 0.1) is 23.1 Å². The summed E-state index contributed by atoms with van der Waals surface area (Å²) in [6.45, 7) is 2.49. The van der Waals surface area contributed by atoms with Crippen molar-refractivity contribution in [2.75, 3.05) is 13.4 Å². The highest BCUT2D eigenvalue weighted by Gasteiger charge is 2.36. The largest absolute Gasteiger partial charge is 0.490 e. The van der Waals surface area contributed by atoms with Gasteiger partial charge in [0.15, 0.2) is 23.0 Å². The van der Waals surface area contributed by atoms with Crippen LogP contribution in [0.5, 0.6) is 23.0 Å². The molecule has 1 saturated heterocycles. The minimum atomic E-state index is -0.443. The highest BCUT2D eigenvalue weighted by Crippen LogP contribution is 2.41. The maximum Gasteiger partial charge on any atom is 0.293 e. The van der Waals surface area contributed by atoms with E-state index < -0.39 is 11.1 Å². The van der Waals surface area contributed by atoms with Gasteiger partial charge in [-0.05, 0) is 60.2 Å². The molecule has 0 N–H and O–H groups in total. The number of rotatable bonds is 8. The topological polar surface area (TPSA) is 74.3 Å². The molecule has 2 aliphatic rings. The van der Waals surface area contributed by atoms with E-state index >= 15 is 0 Å². The third-order valence-corrected chi connectivity index (χ3v) is 7.61. The number of hydrogen-bond donors (Lipinski definition) is 0. The lowest BCUT2D eigenvalue weighted by Gasteiger charge is -2.15. The maximum atomic E-state index is 13.1. The lowest BCUT2D eigenvalue weighted by molar-refractivity contribution is -0.123. The number of carbonyl (C=O) groups excluding carboxylic acids is 2. The molecule has 38 heavy (non-hydrogen) atoms. The predicted molar refractivity (Wildman–Crippen MR) is 147 cm³/mol. The molecule has 3 aromatic rings. The molecule has 196 valence electrons. The van der Waals surface area contributed by atoms with Gasteiger partial charge in [-0.2, -0.15) is 0 Å². The first-order valence-electron chi connectivity index (χ1n) is 11.5. The molecular formula is C27H20Cl3NO6S. The Balaban J connectivity index is 1.37. The summed E-state index contributed by atoms with van der Waals surface area (Å²) < 4.78 is 22.4. The number of thioether (sulfide) groups is 1. The van der Waals surface area contributed by atoms with Crippen LogP contribution in [0.15, 0.2) is 53.4 Å². The van der Waals surface area contributed by atoms with E-state index in [2.05, 4.69) is 0 Å². The van der Waals surface area contributed by atoms with Crippen LogP contribution in [-0.4, -0.2) is 29.4 Å². The number of halogens is 3. The van der Waals surface area contributed by atoms with Crippen LogP contribution < -0.4 is 18.9 Å². The van der Waals surface area contributed by atoms with E-state index in [1.807, 2.05) is 25.1 Å². The first-order chi connectivity index (χ1) is 18.3. The summed E-state index contributed by atoms with van der Waals surface area (Å²) in [5.74, 6) is 1.36. The van der Waals surface area contributed by atoms with Gasteiger partial charge in [0.1, 0.15) is 6.61 Å². The summed E-state index contributed by atoms with van der Waals surface area (Å²) in [5.41, 5.74) is 1.95. The minimum Gasteiger partial charge on any atom is -0.490 e. The first-order valence-corrected chi connectivity index (χ1v) is 13.4. The Morgan fingerprint density at radius 1 is 0.947 bits per heavy atom. The van der Waals surface area contributed by atoms with Gasteiger partial charge in [-0.15, -0.1) is 0 Å². The standard InChI is InChI=1S/C27H20Cl3NO6S/c1-2-34-23-8-15(7-20(30)25(23)35-13-16-5-3-4-6-18(16)28)9-24-26(32)31(27(33)38-24)12-17-10-21-22(11-19(17)29)37-14-36-21/h3-11H,2,12-14H2,1H3/b24-9-. The molecule has 0 radical (unpaired) electrons. The van der Waals surface area contributed by atoms with Gasteiger partial charge >= 0.3 is 0 Å². The van der Waals surface area contributed by atoms with Crippen LogP contribution in [0, 0.1) is 0 Å². The number of benzene rings is 3. The maximum absolute atomic E-state index is 13.1. The van der Waals surface area contributed by atoms with E-state index in [1.165, 1.54) is 0 Å². The summed E-state index contributed by atoms with van der Waals surface area (Å²) in [6, 6.07) is 14.0. The zero-order chi connectivity index (χ0) is 26.8. The molecule has 0 unspecified atom stereocenters. The van der Waals surface area contributed by atoms with Crippen molar-refractivity contribution in [1.29, 1.82) is 0 Å². The molecule has 7 nitrogen and oxygen atoms in total. The molecule has 2 aliphatic heterocycles. The highest BCUT2D eigenvalue weighted by atomic mass is 35.5. The lowest BCUT2D eigenvalue weighted by atomic mass is 10.1. The predicted octanol–water partition coefficient (Wildman–Crippen LogP) is 7.59. The Kier molecular flexibility index (Phi) is 7.95. The molecule has 0 spiro atoms. The van der Waals surface area contributed by atoms with Crippen molar-refractivity contribution in [3.05, 3.63) is 85.2 Å². The van der Waals surface area contributed by atoms with E-state index in [-0.39, 0.29) is 24.8 Å². The van der Waals surface area contributed by atoms with Crippen molar-refractivity contribution in [3.63, 3.8) is 0 Å². The van der Waals surface area contributed by atoms with Gasteiger partial charge in [0, 0.05) is 21.7 Å². The van der Waals surface area contributed by atoms with Gasteiger partial charge in [-0.1, -0.05) is 53.0 Å². The number of hydrogen-bond acceptors (Lipinski definition) is 7. The number of fused-ring (bicyclic) bond motifs is 1. The molecule has 2 heterocycles. The number of imide groups is 1. The number of amides is 2. The third-order valence-electron chi connectivity index (χ3n) is 5.70. The van der Waals surface area contributed by atoms with Crippen LogP contribution in [0.2, 0.25) is 15.1 Å². The normalized spacial score (nSPS) is 15.5. The Hall–Kier alpha value is -3.04. The molecule has 0 aromatic heterocycles. The molecule has 1 fully saturated rings. The van der Waals surface area contributed by atoms with Crippen molar-refractivity contribution < 1.29 is 28.5 Å². The summed E-state index contributed by atoms with van der Waals surface area (Å²) in [7, 11) is 0. The zero-order valence-electron chi connectivity index (χ0n) is 20.0. The summed E-state index contributed by atoms with van der Waals surface area (Å²) in [5, 5.41) is 0.834. The SMILES string of the molecule is CCOc1cc(/C=C2\SC(=O)N(Cc3cc4c(cc3Cl)OCO4)C2=O)cc(Cl)c1OCc1ccccc1Cl. The van der Waals surface area contributed by atoms with Crippen LogP contribution in [-0.2, 0) is 17.9 Å². The van der Waals surface area contributed by atoms with Crippen molar-refractivity contribution in [2.24, 2.45) is 0 Å². The van der Waals surface area contributed by atoms with Crippen LogP contribution in [0.25, 0.3) is 6.08 Å². The van der Waals surface area contributed by atoms with Crippen LogP contribution in [0.1, 0.15) is 23.6 Å². The van der Waals surface area contributed by atoms with E-state index in [4.69, 9.17) is 53.8 Å². The van der Waals surface area contributed by atoms with Gasteiger partial charge in [0.25, 0.3) is 11.1 Å².